The standard InChI is InChI=1S/C11H16N6O2/c1-3-4-17-6-8(12)5-9(17)11(18)19-7-10-13-15-16(2)14-10/h5-6H,3-4,7,12H2,1-2H3. The second kappa shape index (κ2) is 5.51. The SMILES string of the molecule is CCCn1cc(N)cc1C(=O)OCc1nnn(C)n1. The predicted octanol–water partition coefficient (Wildman–Crippen LogP) is 0.361. The molecular formula is C11H16N6O2. The maximum atomic E-state index is 12.0. The van der Waals surface area contributed by atoms with E-state index >= 15 is 0 Å². The summed E-state index contributed by atoms with van der Waals surface area (Å²) >= 11 is 0. The van der Waals surface area contributed by atoms with Gasteiger partial charge in [-0.15, -0.1) is 10.2 Å². The first-order valence-electron chi connectivity index (χ1n) is 5.95. The van der Waals surface area contributed by atoms with Crippen molar-refractivity contribution in [2.45, 2.75) is 26.5 Å². The summed E-state index contributed by atoms with van der Waals surface area (Å²) in [5.74, 6) is -0.0879. The van der Waals surface area contributed by atoms with E-state index in [1.807, 2.05) is 6.92 Å². The zero-order valence-corrected chi connectivity index (χ0v) is 10.9. The van der Waals surface area contributed by atoms with Crippen LogP contribution in [0.1, 0.15) is 29.7 Å². The summed E-state index contributed by atoms with van der Waals surface area (Å²) in [6.07, 6.45) is 2.63. The number of rotatable bonds is 5. The van der Waals surface area contributed by atoms with Gasteiger partial charge in [0.05, 0.1) is 12.7 Å². The van der Waals surface area contributed by atoms with E-state index in [1.165, 1.54) is 4.80 Å². The van der Waals surface area contributed by atoms with Crippen LogP contribution in [-0.4, -0.2) is 30.7 Å². The Hall–Kier alpha value is -2.38. The van der Waals surface area contributed by atoms with Crippen molar-refractivity contribution in [3.05, 3.63) is 23.8 Å². The van der Waals surface area contributed by atoms with E-state index in [4.69, 9.17) is 10.5 Å². The molecule has 2 rings (SSSR count). The highest BCUT2D eigenvalue weighted by Gasteiger charge is 2.15. The van der Waals surface area contributed by atoms with Crippen LogP contribution >= 0.6 is 0 Å². The average Bonchev–Trinajstić information content (AvgIpc) is 2.93. The van der Waals surface area contributed by atoms with Crippen molar-refractivity contribution in [1.82, 2.24) is 24.8 Å². The van der Waals surface area contributed by atoms with E-state index in [9.17, 15) is 4.79 Å². The molecule has 0 amide bonds. The Kier molecular flexibility index (Phi) is 3.79. The van der Waals surface area contributed by atoms with Crippen LogP contribution in [0.4, 0.5) is 5.69 Å². The van der Waals surface area contributed by atoms with Crippen molar-refractivity contribution in [2.75, 3.05) is 5.73 Å². The van der Waals surface area contributed by atoms with Gasteiger partial charge in [0.25, 0.3) is 0 Å². The van der Waals surface area contributed by atoms with Crippen LogP contribution in [0.15, 0.2) is 12.3 Å². The summed E-state index contributed by atoms with van der Waals surface area (Å²) in [5, 5.41) is 11.3. The van der Waals surface area contributed by atoms with Crippen molar-refractivity contribution in [3.8, 4) is 0 Å². The third kappa shape index (κ3) is 3.09. The molecule has 0 aliphatic heterocycles. The quantitative estimate of drug-likeness (QED) is 0.782. The Bertz CT molecular complexity index is 574. The van der Waals surface area contributed by atoms with E-state index < -0.39 is 5.97 Å². The summed E-state index contributed by atoms with van der Waals surface area (Å²) in [6.45, 7) is 2.73. The van der Waals surface area contributed by atoms with Gasteiger partial charge in [-0.1, -0.05) is 6.92 Å². The summed E-state index contributed by atoms with van der Waals surface area (Å²) in [5.41, 5.74) is 6.66. The van der Waals surface area contributed by atoms with E-state index in [2.05, 4.69) is 15.4 Å². The molecule has 0 bridgehead atoms. The van der Waals surface area contributed by atoms with Crippen LogP contribution in [0.2, 0.25) is 0 Å². The number of tetrazole rings is 1. The third-order valence-corrected chi connectivity index (χ3v) is 2.47. The molecule has 19 heavy (non-hydrogen) atoms. The number of aryl methyl sites for hydroxylation is 2. The van der Waals surface area contributed by atoms with E-state index in [0.717, 1.165) is 6.42 Å². The number of nitrogen functional groups attached to an aromatic ring is 1. The fourth-order valence-electron chi connectivity index (χ4n) is 1.71. The van der Waals surface area contributed by atoms with Gasteiger partial charge in [0, 0.05) is 12.7 Å². The summed E-state index contributed by atoms with van der Waals surface area (Å²) in [7, 11) is 1.64. The lowest BCUT2D eigenvalue weighted by atomic mass is 10.4. The van der Waals surface area contributed by atoms with Crippen LogP contribution in [0, 0.1) is 0 Å². The van der Waals surface area contributed by atoms with Crippen LogP contribution in [0.25, 0.3) is 0 Å². The van der Waals surface area contributed by atoms with Gasteiger partial charge in [-0.25, -0.2) is 4.79 Å². The van der Waals surface area contributed by atoms with Gasteiger partial charge in [0.1, 0.15) is 5.69 Å². The fraction of sp³-hybridized carbons (Fsp3) is 0.455. The molecule has 0 fully saturated rings. The molecule has 0 saturated carbocycles. The first-order valence-corrected chi connectivity index (χ1v) is 5.95. The summed E-state index contributed by atoms with van der Waals surface area (Å²) in [4.78, 5) is 13.3. The molecule has 8 nitrogen and oxygen atoms in total. The van der Waals surface area contributed by atoms with Crippen LogP contribution in [-0.2, 0) is 24.9 Å². The topological polar surface area (TPSA) is 101 Å². The van der Waals surface area contributed by atoms with E-state index in [0.29, 0.717) is 23.8 Å². The van der Waals surface area contributed by atoms with Gasteiger partial charge < -0.3 is 15.0 Å². The Labute approximate surface area is 110 Å². The molecule has 2 aromatic rings. The van der Waals surface area contributed by atoms with Crippen molar-refractivity contribution in [2.24, 2.45) is 7.05 Å². The molecule has 8 heteroatoms. The lowest BCUT2D eigenvalue weighted by molar-refractivity contribution is 0.0449. The van der Waals surface area contributed by atoms with Crippen LogP contribution in [0.3, 0.4) is 0 Å². The second-order valence-electron chi connectivity index (χ2n) is 4.12. The van der Waals surface area contributed by atoms with Gasteiger partial charge in [-0.3, -0.25) is 0 Å². The van der Waals surface area contributed by atoms with Gasteiger partial charge in [0.2, 0.25) is 5.82 Å². The molecule has 0 unspecified atom stereocenters. The number of carbonyl (C=O) groups is 1. The van der Waals surface area contributed by atoms with Crippen LogP contribution < -0.4 is 5.73 Å². The average molecular weight is 264 g/mol. The number of nitrogens with two attached hydrogens (primary N) is 1. The number of esters is 1. The molecule has 0 aliphatic carbocycles. The number of nitrogens with zero attached hydrogens (tertiary/aromatic N) is 5. The van der Waals surface area contributed by atoms with E-state index in [-0.39, 0.29) is 6.61 Å². The Balaban J connectivity index is 2.03. The molecule has 2 aromatic heterocycles. The van der Waals surface area contributed by atoms with Gasteiger partial charge in [-0.05, 0) is 17.7 Å². The number of hydrogen-bond acceptors (Lipinski definition) is 6. The molecule has 102 valence electrons. The maximum absolute atomic E-state index is 12.0. The Morgan fingerprint density at radius 1 is 1.53 bits per heavy atom. The number of ether oxygens (including phenoxy) is 1. The highest BCUT2D eigenvalue weighted by atomic mass is 16.5. The largest absolute Gasteiger partial charge is 0.453 e. The highest BCUT2D eigenvalue weighted by molar-refractivity contribution is 5.89. The second-order valence-corrected chi connectivity index (χ2v) is 4.12. The third-order valence-electron chi connectivity index (χ3n) is 2.47. The van der Waals surface area contributed by atoms with Gasteiger partial charge in [0.15, 0.2) is 6.61 Å². The first kappa shape index (κ1) is 13.1. The smallest absolute Gasteiger partial charge is 0.355 e. The van der Waals surface area contributed by atoms with Crippen molar-refractivity contribution < 1.29 is 9.53 Å². The molecule has 2 heterocycles. The minimum Gasteiger partial charge on any atom is -0.453 e. The number of anilines is 1. The van der Waals surface area contributed by atoms with Crippen molar-refractivity contribution in [1.29, 1.82) is 0 Å². The number of aromatic nitrogens is 5. The van der Waals surface area contributed by atoms with Gasteiger partial charge in [-0.2, -0.15) is 4.80 Å². The van der Waals surface area contributed by atoms with Gasteiger partial charge >= 0.3 is 5.97 Å². The zero-order chi connectivity index (χ0) is 13.8. The Morgan fingerprint density at radius 2 is 2.32 bits per heavy atom. The summed E-state index contributed by atoms with van der Waals surface area (Å²) < 4.78 is 6.91. The first-order chi connectivity index (χ1) is 9.10. The molecule has 0 radical (unpaired) electrons. The highest BCUT2D eigenvalue weighted by Crippen LogP contribution is 2.13. The molecule has 0 saturated heterocycles. The van der Waals surface area contributed by atoms with Crippen molar-refractivity contribution >= 4 is 11.7 Å². The monoisotopic (exact) mass is 264 g/mol. The molecule has 0 aliphatic rings. The molecule has 0 aromatic carbocycles. The molecular weight excluding hydrogens is 248 g/mol. The molecule has 0 spiro atoms. The minimum absolute atomic E-state index is 0.0100. The summed E-state index contributed by atoms with van der Waals surface area (Å²) in [6, 6.07) is 1.60. The lowest BCUT2D eigenvalue weighted by Gasteiger charge is -2.06. The molecule has 0 atom stereocenters. The predicted molar refractivity (Wildman–Crippen MR) is 67.1 cm³/mol. The lowest BCUT2D eigenvalue weighted by Crippen LogP contribution is -2.12. The van der Waals surface area contributed by atoms with Crippen LogP contribution in [0.5, 0.6) is 0 Å². The Morgan fingerprint density at radius 3 is 2.95 bits per heavy atom. The number of hydrogen-bond donors (Lipinski definition) is 1. The normalized spacial score (nSPS) is 10.6. The maximum Gasteiger partial charge on any atom is 0.355 e. The number of carbonyl (C=O) groups excluding carboxylic acids is 1. The van der Waals surface area contributed by atoms with E-state index in [1.54, 1.807) is 23.9 Å². The fourth-order valence-corrected chi connectivity index (χ4v) is 1.71. The molecule has 2 N–H and O–H groups in total. The minimum atomic E-state index is -0.447. The zero-order valence-electron chi connectivity index (χ0n) is 10.9. The van der Waals surface area contributed by atoms with Crippen molar-refractivity contribution in [3.63, 3.8) is 0 Å².